The van der Waals surface area contributed by atoms with Gasteiger partial charge in [-0.25, -0.2) is 0 Å². The minimum Gasteiger partial charge on any atom is -0.396 e. The summed E-state index contributed by atoms with van der Waals surface area (Å²) in [4.78, 5) is 12.1. The summed E-state index contributed by atoms with van der Waals surface area (Å²) in [6.07, 6.45) is 12.6. The number of ketones is 1. The lowest BCUT2D eigenvalue weighted by Gasteiger charge is -2.57. The van der Waals surface area contributed by atoms with Crippen molar-refractivity contribution in [2.75, 3.05) is 6.61 Å². The second-order valence-corrected chi connectivity index (χ2v) is 10.2. The largest absolute Gasteiger partial charge is 0.396 e. The molecule has 0 unspecified atom stereocenters. The van der Waals surface area contributed by atoms with Crippen LogP contribution in [0.3, 0.4) is 0 Å². The lowest BCUT2D eigenvalue weighted by Crippen LogP contribution is -2.50. The SMILES string of the molecule is CCC1=C[C@H]2[C@@H]3CC[C@H]([C@H](C)CO)[C@@]3(C)CC[C@@H]2[C@@]2(C)CCC(=O)C=C12. The molecule has 4 aliphatic rings. The highest BCUT2D eigenvalue weighted by Crippen LogP contribution is 2.67. The van der Waals surface area contributed by atoms with Gasteiger partial charge < -0.3 is 5.11 Å². The molecular weight excluding hydrogens is 320 g/mol. The van der Waals surface area contributed by atoms with Crippen LogP contribution in [0.15, 0.2) is 23.3 Å². The first-order chi connectivity index (χ1) is 12.3. The molecule has 0 spiro atoms. The molecule has 144 valence electrons. The lowest BCUT2D eigenvalue weighted by atomic mass is 9.47. The maximum atomic E-state index is 12.1. The van der Waals surface area contributed by atoms with E-state index in [4.69, 9.17) is 0 Å². The number of hydrogen-bond donors (Lipinski definition) is 1. The lowest BCUT2D eigenvalue weighted by molar-refractivity contribution is -0.116. The van der Waals surface area contributed by atoms with Crippen LogP contribution in [0.4, 0.5) is 0 Å². The summed E-state index contributed by atoms with van der Waals surface area (Å²) in [7, 11) is 0. The Kier molecular flexibility index (Phi) is 4.50. The highest BCUT2D eigenvalue weighted by atomic mass is 16.3. The van der Waals surface area contributed by atoms with Crippen LogP contribution >= 0.6 is 0 Å². The second kappa shape index (κ2) is 6.33. The van der Waals surface area contributed by atoms with Crippen LogP contribution in [0.25, 0.3) is 0 Å². The van der Waals surface area contributed by atoms with E-state index in [2.05, 4.69) is 33.8 Å². The Morgan fingerprint density at radius 3 is 2.65 bits per heavy atom. The third-order valence-electron chi connectivity index (χ3n) is 9.13. The van der Waals surface area contributed by atoms with Crippen molar-refractivity contribution >= 4 is 5.78 Å². The van der Waals surface area contributed by atoms with Crippen molar-refractivity contribution in [1.29, 1.82) is 0 Å². The van der Waals surface area contributed by atoms with Crippen LogP contribution in [-0.4, -0.2) is 17.5 Å². The van der Waals surface area contributed by atoms with Gasteiger partial charge in [-0.1, -0.05) is 33.8 Å². The number of aliphatic hydroxyl groups is 1. The molecule has 0 aliphatic heterocycles. The van der Waals surface area contributed by atoms with E-state index in [0.29, 0.717) is 41.5 Å². The molecule has 0 aromatic heterocycles. The van der Waals surface area contributed by atoms with E-state index in [1.165, 1.54) is 36.8 Å². The van der Waals surface area contributed by atoms with Gasteiger partial charge >= 0.3 is 0 Å². The maximum Gasteiger partial charge on any atom is 0.156 e. The minimum absolute atomic E-state index is 0.195. The summed E-state index contributed by atoms with van der Waals surface area (Å²) in [5.41, 5.74) is 3.39. The Morgan fingerprint density at radius 2 is 1.96 bits per heavy atom. The van der Waals surface area contributed by atoms with Crippen LogP contribution in [0.1, 0.15) is 72.6 Å². The highest BCUT2D eigenvalue weighted by molar-refractivity contribution is 5.92. The molecule has 26 heavy (non-hydrogen) atoms. The Labute approximate surface area is 159 Å². The van der Waals surface area contributed by atoms with Crippen LogP contribution < -0.4 is 0 Å². The van der Waals surface area contributed by atoms with Gasteiger partial charge in [-0.15, -0.1) is 0 Å². The summed E-state index contributed by atoms with van der Waals surface area (Å²) < 4.78 is 0. The molecule has 2 saturated carbocycles. The number of fused-ring (bicyclic) bond motifs is 5. The fourth-order valence-electron chi connectivity index (χ4n) is 7.66. The smallest absolute Gasteiger partial charge is 0.156 e. The Hall–Kier alpha value is -0.890. The fourth-order valence-corrected chi connectivity index (χ4v) is 7.66. The van der Waals surface area contributed by atoms with Crippen LogP contribution in [-0.2, 0) is 4.79 Å². The first kappa shape index (κ1) is 18.5. The maximum absolute atomic E-state index is 12.1. The molecule has 4 aliphatic carbocycles. The zero-order valence-electron chi connectivity index (χ0n) is 17.1. The molecule has 0 amide bonds. The molecule has 2 heteroatoms. The molecule has 2 fully saturated rings. The summed E-state index contributed by atoms with van der Waals surface area (Å²) in [5.74, 6) is 3.51. The van der Waals surface area contributed by atoms with E-state index < -0.39 is 0 Å². The monoisotopic (exact) mass is 356 g/mol. The molecule has 0 radical (unpaired) electrons. The summed E-state index contributed by atoms with van der Waals surface area (Å²) in [6.45, 7) is 9.80. The highest BCUT2D eigenvalue weighted by Gasteiger charge is 2.59. The average Bonchev–Trinajstić information content (AvgIpc) is 2.98. The number of aliphatic hydroxyl groups excluding tert-OH is 1. The molecular formula is C24H36O2. The first-order valence-electron chi connectivity index (χ1n) is 10.9. The Morgan fingerprint density at radius 1 is 1.19 bits per heavy atom. The molecule has 1 N–H and O–H groups in total. The molecule has 0 aromatic rings. The normalized spacial score (nSPS) is 46.0. The zero-order chi connectivity index (χ0) is 18.7. The molecule has 7 atom stereocenters. The van der Waals surface area contributed by atoms with E-state index in [-0.39, 0.29) is 5.41 Å². The molecule has 0 aromatic carbocycles. The number of allylic oxidation sites excluding steroid dienone is 4. The van der Waals surface area contributed by atoms with Gasteiger partial charge in [-0.05, 0) is 96.2 Å². The quantitative estimate of drug-likeness (QED) is 0.743. The fraction of sp³-hybridized carbons (Fsp3) is 0.792. The summed E-state index contributed by atoms with van der Waals surface area (Å²) >= 11 is 0. The molecule has 2 nitrogen and oxygen atoms in total. The van der Waals surface area contributed by atoms with Crippen molar-refractivity contribution < 1.29 is 9.90 Å². The van der Waals surface area contributed by atoms with Gasteiger partial charge in [0, 0.05) is 13.0 Å². The summed E-state index contributed by atoms with van der Waals surface area (Å²) in [5, 5.41) is 9.78. The van der Waals surface area contributed by atoms with Crippen molar-refractivity contribution in [1.82, 2.24) is 0 Å². The van der Waals surface area contributed by atoms with Gasteiger partial charge in [-0.3, -0.25) is 4.79 Å². The molecule has 0 heterocycles. The van der Waals surface area contributed by atoms with E-state index >= 15 is 0 Å². The molecule has 0 bridgehead atoms. The summed E-state index contributed by atoms with van der Waals surface area (Å²) in [6, 6.07) is 0. The zero-order valence-corrected chi connectivity index (χ0v) is 17.1. The number of hydrogen-bond acceptors (Lipinski definition) is 2. The minimum atomic E-state index is 0.195. The van der Waals surface area contributed by atoms with Crippen molar-refractivity contribution in [3.05, 3.63) is 23.3 Å². The predicted octanol–water partition coefficient (Wildman–Crippen LogP) is 5.32. The average molecular weight is 357 g/mol. The van der Waals surface area contributed by atoms with E-state index in [1.807, 2.05) is 6.08 Å². The predicted molar refractivity (Wildman–Crippen MR) is 106 cm³/mol. The third-order valence-corrected chi connectivity index (χ3v) is 9.13. The Balaban J connectivity index is 1.75. The van der Waals surface area contributed by atoms with Gasteiger partial charge in [0.15, 0.2) is 5.78 Å². The molecule has 4 rings (SSSR count). The van der Waals surface area contributed by atoms with Gasteiger partial charge in [0.05, 0.1) is 0 Å². The second-order valence-electron chi connectivity index (χ2n) is 10.2. The van der Waals surface area contributed by atoms with E-state index in [1.54, 1.807) is 0 Å². The Bertz CT molecular complexity index is 659. The third kappa shape index (κ3) is 2.44. The van der Waals surface area contributed by atoms with Crippen LogP contribution in [0.5, 0.6) is 0 Å². The van der Waals surface area contributed by atoms with Gasteiger partial charge in [0.1, 0.15) is 0 Å². The number of rotatable bonds is 3. The van der Waals surface area contributed by atoms with E-state index in [9.17, 15) is 9.90 Å². The van der Waals surface area contributed by atoms with Crippen LogP contribution in [0.2, 0.25) is 0 Å². The topological polar surface area (TPSA) is 37.3 Å². The van der Waals surface area contributed by atoms with Gasteiger partial charge in [0.2, 0.25) is 0 Å². The van der Waals surface area contributed by atoms with Crippen molar-refractivity contribution in [3.8, 4) is 0 Å². The van der Waals surface area contributed by atoms with Gasteiger partial charge in [0.25, 0.3) is 0 Å². The number of carbonyl (C=O) groups is 1. The van der Waals surface area contributed by atoms with Crippen molar-refractivity contribution in [3.63, 3.8) is 0 Å². The molecule has 0 saturated heterocycles. The first-order valence-corrected chi connectivity index (χ1v) is 10.9. The van der Waals surface area contributed by atoms with Crippen molar-refractivity contribution in [2.24, 2.45) is 40.4 Å². The number of carbonyl (C=O) groups excluding carboxylic acids is 1. The standard InChI is InChI=1S/C24H36O2/c1-5-16-12-18-20-7-6-19(15(2)14-25)23(20,3)11-9-21(18)24(4)10-8-17(26)13-22(16)24/h12-13,15,18-21,25H,5-11,14H2,1-4H3/t15-,18+,19-,20+,21+,23-,24-/m1/s1. The van der Waals surface area contributed by atoms with E-state index in [0.717, 1.165) is 25.2 Å². The van der Waals surface area contributed by atoms with Crippen LogP contribution in [0, 0.1) is 40.4 Å². The van der Waals surface area contributed by atoms with Crippen molar-refractivity contribution in [2.45, 2.75) is 72.6 Å². The van der Waals surface area contributed by atoms with Gasteiger partial charge in [-0.2, -0.15) is 0 Å².